The van der Waals surface area contributed by atoms with Gasteiger partial charge in [-0.15, -0.1) is 0 Å². The smallest absolute Gasteiger partial charge is 0.274 e. The number of aromatic nitrogens is 2. The summed E-state index contributed by atoms with van der Waals surface area (Å²) in [5, 5.41) is 3.60. The van der Waals surface area contributed by atoms with Gasteiger partial charge in [-0.1, -0.05) is 5.16 Å². The Kier molecular flexibility index (Phi) is 4.44. The van der Waals surface area contributed by atoms with Crippen molar-refractivity contribution in [1.82, 2.24) is 14.9 Å². The van der Waals surface area contributed by atoms with Gasteiger partial charge in [0.25, 0.3) is 10.0 Å². The van der Waals surface area contributed by atoms with Gasteiger partial charge in [-0.25, -0.2) is 13.4 Å². The van der Waals surface area contributed by atoms with Crippen LogP contribution in [0.3, 0.4) is 0 Å². The molecule has 1 aromatic carbocycles. The van der Waals surface area contributed by atoms with Crippen LogP contribution in [0.1, 0.15) is 17.1 Å². The van der Waals surface area contributed by atoms with E-state index in [9.17, 15) is 8.42 Å². The van der Waals surface area contributed by atoms with E-state index < -0.39 is 10.0 Å². The van der Waals surface area contributed by atoms with E-state index in [1.165, 1.54) is 12.1 Å². The number of nitrogens with zero attached hydrogens (tertiary/aromatic N) is 2. The van der Waals surface area contributed by atoms with Gasteiger partial charge in [-0.3, -0.25) is 0 Å². The summed E-state index contributed by atoms with van der Waals surface area (Å²) in [6, 6.07) is 8.02. The SMILES string of the molecule is COc1ccc2oc(CNS(=O)(=O)c3ccc(-c4onc(C)c4C)o3)nc2c1. The van der Waals surface area contributed by atoms with Gasteiger partial charge in [0.05, 0.1) is 19.3 Å². The molecular weight excluding hydrogens is 386 g/mol. The Balaban J connectivity index is 1.52. The van der Waals surface area contributed by atoms with Gasteiger partial charge in [0, 0.05) is 11.6 Å². The van der Waals surface area contributed by atoms with Gasteiger partial charge in [0.15, 0.2) is 11.3 Å². The molecule has 4 rings (SSSR count). The first-order valence-corrected chi connectivity index (χ1v) is 9.82. The molecule has 1 N–H and O–H groups in total. The van der Waals surface area contributed by atoms with Crippen molar-refractivity contribution in [3.8, 4) is 17.3 Å². The molecule has 0 aliphatic heterocycles. The van der Waals surface area contributed by atoms with Crippen LogP contribution in [0.15, 0.2) is 48.8 Å². The average molecular weight is 403 g/mol. The highest BCUT2D eigenvalue weighted by Gasteiger charge is 2.22. The van der Waals surface area contributed by atoms with Crippen LogP contribution >= 0.6 is 0 Å². The van der Waals surface area contributed by atoms with Crippen LogP contribution in [-0.2, 0) is 16.6 Å². The van der Waals surface area contributed by atoms with Crippen LogP contribution < -0.4 is 9.46 Å². The summed E-state index contributed by atoms with van der Waals surface area (Å²) in [6.45, 7) is 3.48. The summed E-state index contributed by atoms with van der Waals surface area (Å²) in [5.41, 5.74) is 2.60. The van der Waals surface area contributed by atoms with Crippen molar-refractivity contribution in [3.05, 3.63) is 47.5 Å². The van der Waals surface area contributed by atoms with Crippen molar-refractivity contribution in [3.63, 3.8) is 0 Å². The van der Waals surface area contributed by atoms with E-state index >= 15 is 0 Å². The van der Waals surface area contributed by atoms with Gasteiger partial charge < -0.3 is 18.1 Å². The fourth-order valence-corrected chi connectivity index (χ4v) is 3.52. The molecule has 3 aromatic heterocycles. The van der Waals surface area contributed by atoms with Crippen LogP contribution in [0.2, 0.25) is 0 Å². The molecule has 0 aliphatic rings. The summed E-state index contributed by atoms with van der Waals surface area (Å²) in [5.74, 6) is 1.54. The van der Waals surface area contributed by atoms with E-state index in [1.807, 2.05) is 6.92 Å². The number of ether oxygens (including phenoxy) is 1. The molecule has 9 nitrogen and oxygen atoms in total. The molecule has 146 valence electrons. The topological polar surface area (TPSA) is 121 Å². The third kappa shape index (κ3) is 3.27. The third-order valence-corrected chi connectivity index (χ3v) is 5.55. The highest BCUT2D eigenvalue weighted by atomic mass is 32.2. The van der Waals surface area contributed by atoms with Crippen molar-refractivity contribution in [2.75, 3.05) is 7.11 Å². The second kappa shape index (κ2) is 6.80. The van der Waals surface area contributed by atoms with Gasteiger partial charge in [0.1, 0.15) is 11.3 Å². The molecule has 0 radical (unpaired) electrons. The Morgan fingerprint density at radius 2 is 1.96 bits per heavy atom. The first-order valence-electron chi connectivity index (χ1n) is 8.33. The molecule has 0 saturated heterocycles. The number of rotatable bonds is 6. The van der Waals surface area contributed by atoms with E-state index in [0.29, 0.717) is 28.3 Å². The fourth-order valence-electron chi connectivity index (χ4n) is 2.62. The molecule has 10 heteroatoms. The van der Waals surface area contributed by atoms with E-state index in [2.05, 4.69) is 14.9 Å². The molecule has 0 fully saturated rings. The average Bonchev–Trinajstić information content (AvgIpc) is 3.39. The number of benzene rings is 1. The fraction of sp³-hybridized carbons (Fsp3) is 0.222. The first kappa shape index (κ1) is 18.3. The number of methoxy groups -OCH3 is 1. The first-order chi connectivity index (χ1) is 13.4. The summed E-state index contributed by atoms with van der Waals surface area (Å²) < 4.78 is 48.8. The molecule has 0 atom stereocenters. The Morgan fingerprint density at radius 1 is 1.14 bits per heavy atom. The second-order valence-corrected chi connectivity index (χ2v) is 7.80. The molecule has 0 saturated carbocycles. The number of hydrogen-bond acceptors (Lipinski definition) is 8. The van der Waals surface area contributed by atoms with Crippen molar-refractivity contribution in [1.29, 1.82) is 0 Å². The zero-order valence-electron chi connectivity index (χ0n) is 15.3. The van der Waals surface area contributed by atoms with E-state index in [1.54, 1.807) is 32.2 Å². The quantitative estimate of drug-likeness (QED) is 0.521. The number of furan rings is 1. The monoisotopic (exact) mass is 403 g/mol. The maximum absolute atomic E-state index is 12.5. The van der Waals surface area contributed by atoms with Crippen molar-refractivity contribution in [2.45, 2.75) is 25.5 Å². The molecule has 3 heterocycles. The number of aryl methyl sites for hydroxylation is 1. The van der Waals surface area contributed by atoms with Crippen LogP contribution in [0, 0.1) is 13.8 Å². The van der Waals surface area contributed by atoms with Crippen LogP contribution in [0.5, 0.6) is 5.75 Å². The highest BCUT2D eigenvalue weighted by molar-refractivity contribution is 7.89. The van der Waals surface area contributed by atoms with E-state index in [4.69, 9.17) is 18.1 Å². The van der Waals surface area contributed by atoms with Gasteiger partial charge in [-0.2, -0.15) is 4.72 Å². The van der Waals surface area contributed by atoms with E-state index in [0.717, 1.165) is 5.56 Å². The van der Waals surface area contributed by atoms with Crippen molar-refractivity contribution in [2.24, 2.45) is 0 Å². The number of sulfonamides is 1. The minimum atomic E-state index is -3.91. The summed E-state index contributed by atoms with van der Waals surface area (Å²) in [6.07, 6.45) is 0. The zero-order chi connectivity index (χ0) is 19.9. The third-order valence-electron chi connectivity index (χ3n) is 4.28. The molecule has 0 unspecified atom stereocenters. The van der Waals surface area contributed by atoms with Crippen LogP contribution in [0.25, 0.3) is 22.6 Å². The largest absolute Gasteiger partial charge is 0.497 e. The summed E-state index contributed by atoms with van der Waals surface area (Å²) in [7, 11) is -2.35. The lowest BCUT2D eigenvalue weighted by atomic mass is 10.2. The predicted octanol–water partition coefficient (Wildman–Crippen LogP) is 3.18. The molecule has 0 aliphatic carbocycles. The van der Waals surface area contributed by atoms with Gasteiger partial charge in [-0.05, 0) is 38.1 Å². The summed E-state index contributed by atoms with van der Waals surface area (Å²) >= 11 is 0. The highest BCUT2D eigenvalue weighted by Crippen LogP contribution is 2.29. The zero-order valence-corrected chi connectivity index (χ0v) is 16.2. The lowest BCUT2D eigenvalue weighted by Gasteiger charge is -2.01. The Labute approximate surface area is 160 Å². The lowest BCUT2D eigenvalue weighted by Crippen LogP contribution is -2.22. The molecule has 0 bridgehead atoms. The molecule has 28 heavy (non-hydrogen) atoms. The number of hydrogen-bond donors (Lipinski definition) is 1. The predicted molar refractivity (Wildman–Crippen MR) is 98.3 cm³/mol. The molecule has 4 aromatic rings. The Hall–Kier alpha value is -3.11. The number of fused-ring (bicyclic) bond motifs is 1. The van der Waals surface area contributed by atoms with E-state index in [-0.39, 0.29) is 23.3 Å². The maximum Gasteiger partial charge on any atom is 0.274 e. The van der Waals surface area contributed by atoms with Gasteiger partial charge >= 0.3 is 0 Å². The number of nitrogens with one attached hydrogen (secondary N) is 1. The number of oxazole rings is 1. The van der Waals surface area contributed by atoms with Crippen molar-refractivity contribution >= 4 is 21.1 Å². The van der Waals surface area contributed by atoms with Crippen LogP contribution in [0.4, 0.5) is 0 Å². The molecule has 0 amide bonds. The van der Waals surface area contributed by atoms with Crippen LogP contribution in [-0.4, -0.2) is 25.7 Å². The lowest BCUT2D eigenvalue weighted by molar-refractivity contribution is 0.396. The Bertz CT molecular complexity index is 1250. The van der Waals surface area contributed by atoms with Gasteiger partial charge in [0.2, 0.25) is 16.7 Å². The normalized spacial score (nSPS) is 12.0. The molecule has 0 spiro atoms. The van der Waals surface area contributed by atoms with Crippen molar-refractivity contribution < 1.29 is 26.5 Å². The summed E-state index contributed by atoms with van der Waals surface area (Å²) in [4.78, 5) is 4.26. The maximum atomic E-state index is 12.5. The Morgan fingerprint density at radius 3 is 2.68 bits per heavy atom. The second-order valence-electron chi connectivity index (χ2n) is 6.11. The minimum absolute atomic E-state index is 0.129. The molecular formula is C18H17N3O6S. The minimum Gasteiger partial charge on any atom is -0.497 e. The standard InChI is InChI=1S/C18H17N3O6S/c1-10-11(2)21-27-18(10)15-6-7-17(26-15)28(22,23)19-9-16-20-13-8-12(24-3)4-5-14(13)25-16/h4-8,19H,9H2,1-3H3.